The van der Waals surface area contributed by atoms with Crippen molar-refractivity contribution < 1.29 is 4.84 Å². The Morgan fingerprint density at radius 3 is 1.73 bits per heavy atom. The van der Waals surface area contributed by atoms with E-state index in [1.165, 1.54) is 44.5 Å². The van der Waals surface area contributed by atoms with E-state index in [-0.39, 0.29) is 0 Å². The van der Waals surface area contributed by atoms with E-state index in [1.54, 1.807) is 0 Å². The molecular formula is C49H48N5O+. The molecular weight excluding hydrogens is 675 g/mol. The maximum Gasteiger partial charge on any atom is 0.251 e. The number of pyridine rings is 1. The zero-order valence-corrected chi connectivity index (χ0v) is 33.0. The van der Waals surface area contributed by atoms with Crippen molar-refractivity contribution in [1.29, 1.82) is 0 Å². The zero-order valence-electron chi connectivity index (χ0n) is 33.0. The molecule has 0 radical (unpaired) electrons. The maximum atomic E-state index is 5.52. The number of imidazole rings is 1. The summed E-state index contributed by atoms with van der Waals surface area (Å²) >= 11 is 0. The van der Waals surface area contributed by atoms with Crippen LogP contribution in [-0.2, 0) is 7.05 Å². The zero-order chi connectivity index (χ0) is 38.4. The maximum absolute atomic E-state index is 5.52. The summed E-state index contributed by atoms with van der Waals surface area (Å²) in [7, 11) is 4.24. The molecule has 6 heteroatoms. The van der Waals surface area contributed by atoms with E-state index in [4.69, 9.17) is 9.97 Å². The van der Waals surface area contributed by atoms with Crippen molar-refractivity contribution in [1.82, 2.24) is 24.9 Å². The van der Waals surface area contributed by atoms with Gasteiger partial charge in [0.2, 0.25) is 0 Å². The standard InChI is InChI=1S/C49H47N5O/c1-30-27-31(2)43(34(5)42(30)36-19-21-37(22-20-36)44-32(3)28-33(4)50-35(44)6)49-51-45(48(54(49)8)40-17-13-10-14-18-40)39-23-25-41(26-24-39)47-46(52-55-29-53(47)7)38-15-11-9-12-16-38/h9-28,52H,29H2,1-8H3/p+1. The number of aliphatic hydroxyl groups is 1. The molecule has 8 rings (SSSR count). The second-order valence-corrected chi connectivity index (χ2v) is 14.8. The molecule has 0 fully saturated rings. The first kappa shape index (κ1) is 35.8. The van der Waals surface area contributed by atoms with Crippen LogP contribution in [0.25, 0.3) is 67.6 Å². The fraction of sp³-hybridized carbons (Fsp3) is 0.184. The normalized spacial score (nSPS) is 13.0. The number of aryl methyl sites for hydroxylation is 5. The van der Waals surface area contributed by atoms with Gasteiger partial charge in [-0.1, -0.05) is 115 Å². The van der Waals surface area contributed by atoms with Crippen molar-refractivity contribution in [3.8, 4) is 56.2 Å². The van der Waals surface area contributed by atoms with Gasteiger partial charge < -0.3 is 9.47 Å². The average molecular weight is 723 g/mol. The Balaban J connectivity index is 1.24. The average Bonchev–Trinajstić information content (AvgIpc) is 3.51. The van der Waals surface area contributed by atoms with Gasteiger partial charge in [-0.3, -0.25) is 9.82 Å². The van der Waals surface area contributed by atoms with Gasteiger partial charge in [0.15, 0.2) is 0 Å². The summed E-state index contributed by atoms with van der Waals surface area (Å²) in [5.41, 5.74) is 25.0. The summed E-state index contributed by atoms with van der Waals surface area (Å²) in [4.78, 5) is 17.0. The van der Waals surface area contributed by atoms with Crippen molar-refractivity contribution in [3.63, 3.8) is 0 Å². The summed E-state index contributed by atoms with van der Waals surface area (Å²) in [6.45, 7) is 13.6. The van der Waals surface area contributed by atoms with Gasteiger partial charge in [0.25, 0.3) is 6.73 Å². The third-order valence-corrected chi connectivity index (χ3v) is 10.9. The van der Waals surface area contributed by atoms with Gasteiger partial charge in [-0.2, -0.15) is 5.48 Å². The minimum absolute atomic E-state index is 0.570. The highest BCUT2D eigenvalue weighted by Gasteiger charge is 2.26. The minimum atomic E-state index is 0.570. The fourth-order valence-corrected chi connectivity index (χ4v) is 8.58. The van der Waals surface area contributed by atoms with E-state index >= 15 is 0 Å². The SMILES string of the molecule is Cc1cc(C)c(-c2ccc(-c3c(C)cc(C)c(-c4nc(-c5ccc(C6=C(c7ccccc7)N[OH+]CN6C)cc5)c(-c5ccccc5)n4C)c3C)cc2)c(C)n1. The Kier molecular flexibility index (Phi) is 9.45. The van der Waals surface area contributed by atoms with E-state index < -0.39 is 0 Å². The third kappa shape index (κ3) is 6.53. The van der Waals surface area contributed by atoms with Gasteiger partial charge in [-0.15, -0.1) is 0 Å². The van der Waals surface area contributed by atoms with Gasteiger partial charge in [-0.25, -0.2) is 4.98 Å². The highest BCUT2D eigenvalue weighted by molar-refractivity contribution is 5.91. The topological polar surface area (TPSA) is 58.8 Å². The van der Waals surface area contributed by atoms with Crippen LogP contribution in [0.1, 0.15) is 44.8 Å². The lowest BCUT2D eigenvalue weighted by molar-refractivity contribution is -0.137. The van der Waals surface area contributed by atoms with Crippen LogP contribution >= 0.6 is 0 Å². The van der Waals surface area contributed by atoms with Crippen molar-refractivity contribution in [2.24, 2.45) is 7.05 Å². The van der Waals surface area contributed by atoms with E-state index in [9.17, 15) is 0 Å². The first-order chi connectivity index (χ1) is 26.6. The predicted octanol–water partition coefficient (Wildman–Crippen LogP) is 10.8. The Morgan fingerprint density at radius 2 is 1.09 bits per heavy atom. The van der Waals surface area contributed by atoms with E-state index in [0.29, 0.717) is 6.73 Å². The predicted molar refractivity (Wildman–Crippen MR) is 228 cm³/mol. The molecule has 0 unspecified atom stereocenters. The second kappa shape index (κ2) is 14.5. The van der Waals surface area contributed by atoms with Crippen LogP contribution in [0.15, 0.2) is 121 Å². The molecule has 2 aromatic heterocycles. The molecule has 6 nitrogen and oxygen atoms in total. The van der Waals surface area contributed by atoms with Crippen molar-refractivity contribution in [3.05, 3.63) is 166 Å². The highest BCUT2D eigenvalue weighted by Crippen LogP contribution is 2.42. The van der Waals surface area contributed by atoms with Gasteiger partial charge in [0.1, 0.15) is 11.5 Å². The van der Waals surface area contributed by atoms with Crippen LogP contribution in [0, 0.1) is 41.5 Å². The van der Waals surface area contributed by atoms with E-state index in [1.807, 2.05) is 6.07 Å². The number of benzene rings is 5. The Labute approximate surface area is 324 Å². The van der Waals surface area contributed by atoms with Crippen molar-refractivity contribution in [2.45, 2.75) is 41.5 Å². The molecule has 55 heavy (non-hydrogen) atoms. The summed E-state index contributed by atoms with van der Waals surface area (Å²) in [6.07, 6.45) is 0. The van der Waals surface area contributed by atoms with Crippen LogP contribution < -0.4 is 5.48 Å². The number of hydrogen-bond acceptors (Lipinski definition) is 4. The number of nitrogens with one attached hydrogen (secondary N) is 1. The largest absolute Gasteiger partial charge is 0.327 e. The highest BCUT2D eigenvalue weighted by atomic mass is 16.7. The molecule has 3 heterocycles. The van der Waals surface area contributed by atoms with E-state index in [2.05, 4.69) is 191 Å². The first-order valence-corrected chi connectivity index (χ1v) is 18.9. The lowest BCUT2D eigenvalue weighted by Crippen LogP contribution is -2.36. The molecule has 0 atom stereocenters. The molecule has 5 aromatic carbocycles. The lowest BCUT2D eigenvalue weighted by Gasteiger charge is -2.28. The van der Waals surface area contributed by atoms with Gasteiger partial charge in [-0.05, 0) is 86.6 Å². The van der Waals surface area contributed by atoms with Gasteiger partial charge >= 0.3 is 0 Å². The Morgan fingerprint density at radius 1 is 0.545 bits per heavy atom. The van der Waals surface area contributed by atoms with Gasteiger partial charge in [0.05, 0.1) is 17.1 Å². The Hall–Kier alpha value is -6.24. The van der Waals surface area contributed by atoms with E-state index in [0.717, 1.165) is 67.8 Å². The van der Waals surface area contributed by atoms with Crippen LogP contribution in [0.4, 0.5) is 0 Å². The molecule has 0 bridgehead atoms. The Bertz CT molecular complexity index is 2540. The van der Waals surface area contributed by atoms with Crippen LogP contribution in [0.3, 0.4) is 0 Å². The molecule has 2 N–H and O–H groups in total. The minimum Gasteiger partial charge on any atom is -0.327 e. The molecule has 0 saturated carbocycles. The molecule has 0 saturated heterocycles. The summed E-state index contributed by atoms with van der Waals surface area (Å²) in [5.74, 6) is 0.953. The molecule has 274 valence electrons. The number of aromatic nitrogens is 3. The third-order valence-electron chi connectivity index (χ3n) is 10.9. The number of nitrogens with zero attached hydrogens (tertiary/aromatic N) is 4. The number of hydrogen-bond donors (Lipinski definition) is 1. The second-order valence-electron chi connectivity index (χ2n) is 14.8. The number of rotatable bonds is 7. The monoisotopic (exact) mass is 722 g/mol. The smallest absolute Gasteiger partial charge is 0.251 e. The number of hydroxylamine groups is 1. The molecule has 7 aromatic rings. The van der Waals surface area contributed by atoms with Crippen molar-refractivity contribution >= 4 is 11.4 Å². The molecule has 0 spiro atoms. The van der Waals surface area contributed by atoms with Crippen LogP contribution in [-0.4, -0.2) is 38.1 Å². The molecule has 0 aliphatic carbocycles. The van der Waals surface area contributed by atoms with Crippen LogP contribution in [0.2, 0.25) is 0 Å². The first-order valence-electron chi connectivity index (χ1n) is 18.9. The summed E-state index contributed by atoms with van der Waals surface area (Å²) < 4.78 is 2.28. The summed E-state index contributed by atoms with van der Waals surface area (Å²) in [5, 5.41) is 0. The fourth-order valence-electron chi connectivity index (χ4n) is 8.58. The van der Waals surface area contributed by atoms with Crippen molar-refractivity contribution in [2.75, 3.05) is 13.8 Å². The lowest BCUT2D eigenvalue weighted by atomic mass is 9.88. The van der Waals surface area contributed by atoms with Gasteiger partial charge in [0, 0.05) is 58.9 Å². The summed E-state index contributed by atoms with van der Waals surface area (Å²) in [6, 6.07) is 43.3. The molecule has 1 aliphatic rings. The molecule has 0 amide bonds. The van der Waals surface area contributed by atoms with Crippen LogP contribution in [0.5, 0.6) is 0 Å². The molecule has 1 aliphatic heterocycles. The quantitative estimate of drug-likeness (QED) is 0.166.